The second-order valence-electron chi connectivity index (χ2n) is 8.96. The van der Waals surface area contributed by atoms with Crippen molar-refractivity contribution in [3.8, 4) is 5.69 Å². The number of carbonyl (C=O) groups is 2. The maximum atomic E-state index is 13.2. The first-order valence-electron chi connectivity index (χ1n) is 11.4. The van der Waals surface area contributed by atoms with E-state index in [0.717, 1.165) is 50.8 Å². The molecule has 2 fully saturated rings. The largest absolute Gasteiger partial charge is 0.369 e. The van der Waals surface area contributed by atoms with Gasteiger partial charge in [0.15, 0.2) is 0 Å². The average Bonchev–Trinajstić information content (AvgIpc) is 3.38. The van der Waals surface area contributed by atoms with Gasteiger partial charge in [0.25, 0.3) is 0 Å². The lowest BCUT2D eigenvalue weighted by atomic mass is 10.1. The lowest BCUT2D eigenvalue weighted by Gasteiger charge is -2.24. The van der Waals surface area contributed by atoms with Crippen molar-refractivity contribution in [1.29, 1.82) is 0 Å². The van der Waals surface area contributed by atoms with E-state index in [4.69, 9.17) is 17.3 Å². The molecule has 3 heterocycles. The van der Waals surface area contributed by atoms with E-state index in [-0.39, 0.29) is 35.5 Å². The molecule has 4 aromatic rings. The van der Waals surface area contributed by atoms with Crippen molar-refractivity contribution in [3.05, 3.63) is 75.8 Å². The molecule has 2 atom stereocenters. The van der Waals surface area contributed by atoms with Crippen LogP contribution in [0, 0.1) is 17.7 Å². The van der Waals surface area contributed by atoms with Crippen LogP contribution >= 0.6 is 22.9 Å². The average molecular weight is 511 g/mol. The summed E-state index contributed by atoms with van der Waals surface area (Å²) in [4.78, 5) is 25.9. The van der Waals surface area contributed by atoms with Crippen LogP contribution in [0.5, 0.6) is 0 Å². The maximum absolute atomic E-state index is 13.2. The Labute approximate surface area is 211 Å². The number of primary amides is 1. The van der Waals surface area contributed by atoms with Crippen molar-refractivity contribution in [3.63, 3.8) is 0 Å². The first-order valence-corrected chi connectivity index (χ1v) is 12.6. The minimum absolute atomic E-state index is 0.0143. The van der Waals surface area contributed by atoms with Gasteiger partial charge in [-0.2, -0.15) is 5.10 Å². The number of hydrogen-bond acceptors (Lipinski definition) is 4. The standard InChI is InChI=1S/C22H17ClFN3OS.C4H7NO/c1-13-10-19(20-8-9-21(23)29-20)26(22(13)28)17-6-7-18-14(11-17)12-25-27(18)16-4-2-15(24)3-5-16;5-4(6)3-1-2-3/h2-9,11-13,19H,10H2,1H3;3H,1-2H2,(H2,5,6)/t13-,19+;/m1./s1. The van der Waals surface area contributed by atoms with Crippen LogP contribution in [0.15, 0.2) is 60.8 Å². The third-order valence-electron chi connectivity index (χ3n) is 6.35. The zero-order valence-electron chi connectivity index (χ0n) is 19.0. The number of benzene rings is 2. The van der Waals surface area contributed by atoms with Gasteiger partial charge in [-0.25, -0.2) is 9.07 Å². The number of rotatable bonds is 4. The van der Waals surface area contributed by atoms with Gasteiger partial charge < -0.3 is 10.6 Å². The predicted molar refractivity (Wildman–Crippen MR) is 136 cm³/mol. The smallest absolute Gasteiger partial charge is 0.230 e. The molecule has 2 aromatic carbocycles. The molecule has 2 aliphatic rings. The zero-order chi connectivity index (χ0) is 24.7. The number of nitrogens with two attached hydrogens (primary N) is 1. The van der Waals surface area contributed by atoms with Crippen molar-refractivity contribution in [2.75, 3.05) is 4.90 Å². The van der Waals surface area contributed by atoms with E-state index >= 15 is 0 Å². The monoisotopic (exact) mass is 510 g/mol. The van der Waals surface area contributed by atoms with E-state index in [9.17, 15) is 14.0 Å². The molecule has 0 bridgehead atoms. The maximum Gasteiger partial charge on any atom is 0.230 e. The van der Waals surface area contributed by atoms with Crippen LogP contribution in [0.3, 0.4) is 0 Å². The van der Waals surface area contributed by atoms with E-state index in [1.54, 1.807) is 23.0 Å². The van der Waals surface area contributed by atoms with Crippen LogP contribution in [0.1, 0.15) is 37.1 Å². The van der Waals surface area contributed by atoms with E-state index in [1.807, 2.05) is 42.2 Å². The number of aromatic nitrogens is 2. The number of halogens is 2. The predicted octanol–water partition coefficient (Wildman–Crippen LogP) is 5.88. The summed E-state index contributed by atoms with van der Waals surface area (Å²) < 4.78 is 15.7. The summed E-state index contributed by atoms with van der Waals surface area (Å²) in [5.41, 5.74) is 7.39. The fraction of sp³-hybridized carbons (Fsp3) is 0.269. The third kappa shape index (κ3) is 4.81. The topological polar surface area (TPSA) is 81.2 Å². The van der Waals surface area contributed by atoms with E-state index in [1.165, 1.54) is 23.5 Å². The Balaban J connectivity index is 0.000000371. The molecule has 180 valence electrons. The van der Waals surface area contributed by atoms with Crippen LogP contribution < -0.4 is 10.6 Å². The lowest BCUT2D eigenvalue weighted by Crippen LogP contribution is -2.28. The summed E-state index contributed by atoms with van der Waals surface area (Å²) in [5, 5.41) is 5.37. The van der Waals surface area contributed by atoms with Gasteiger partial charge >= 0.3 is 0 Å². The second kappa shape index (κ2) is 9.43. The molecule has 9 heteroatoms. The molecule has 0 spiro atoms. The SMILES string of the molecule is C[C@@H]1C[C@@H](c2ccc(Cl)s2)N(c2ccc3c(cnn3-c3ccc(F)cc3)c2)C1=O.NC(=O)C1CC1. The number of fused-ring (bicyclic) bond motifs is 1. The number of nitrogens with zero attached hydrogens (tertiary/aromatic N) is 3. The number of amides is 2. The number of hydrogen-bond donors (Lipinski definition) is 1. The van der Waals surface area contributed by atoms with Crippen LogP contribution in [0.4, 0.5) is 10.1 Å². The molecule has 1 aliphatic heterocycles. The van der Waals surface area contributed by atoms with Crippen molar-refractivity contribution in [2.24, 2.45) is 17.6 Å². The first kappa shape index (κ1) is 23.5. The Hall–Kier alpha value is -3.23. The molecule has 35 heavy (non-hydrogen) atoms. The van der Waals surface area contributed by atoms with Gasteiger partial charge in [0.1, 0.15) is 5.82 Å². The molecule has 6 rings (SSSR count). The molecule has 1 saturated carbocycles. The quantitative estimate of drug-likeness (QED) is 0.372. The Morgan fingerprint density at radius 2 is 1.83 bits per heavy atom. The molecule has 2 amide bonds. The molecule has 2 N–H and O–H groups in total. The highest BCUT2D eigenvalue weighted by molar-refractivity contribution is 7.16. The summed E-state index contributed by atoms with van der Waals surface area (Å²) in [6.07, 6.45) is 4.58. The summed E-state index contributed by atoms with van der Waals surface area (Å²) in [7, 11) is 0. The lowest BCUT2D eigenvalue weighted by molar-refractivity contribution is -0.120. The Bertz CT molecular complexity index is 1400. The van der Waals surface area contributed by atoms with Crippen molar-refractivity contribution in [1.82, 2.24) is 9.78 Å². The van der Waals surface area contributed by atoms with Gasteiger partial charge in [-0.15, -0.1) is 11.3 Å². The summed E-state index contributed by atoms with van der Waals surface area (Å²) in [5.74, 6) is -0.0998. The highest BCUT2D eigenvalue weighted by Crippen LogP contribution is 2.43. The van der Waals surface area contributed by atoms with Crippen LogP contribution in [-0.4, -0.2) is 21.6 Å². The molecule has 1 saturated heterocycles. The van der Waals surface area contributed by atoms with Crippen LogP contribution in [0.2, 0.25) is 4.34 Å². The van der Waals surface area contributed by atoms with Gasteiger partial charge in [-0.05, 0) is 73.9 Å². The first-order chi connectivity index (χ1) is 16.8. The molecule has 0 radical (unpaired) electrons. The molecule has 1 aliphatic carbocycles. The van der Waals surface area contributed by atoms with Crippen molar-refractivity contribution >= 4 is 51.3 Å². The zero-order valence-corrected chi connectivity index (χ0v) is 20.6. The highest BCUT2D eigenvalue weighted by atomic mass is 35.5. The highest BCUT2D eigenvalue weighted by Gasteiger charge is 2.39. The summed E-state index contributed by atoms with van der Waals surface area (Å²) in [6.45, 7) is 1.97. The number of carbonyl (C=O) groups excluding carboxylic acids is 2. The van der Waals surface area contributed by atoms with Crippen molar-refractivity contribution < 1.29 is 14.0 Å². The third-order valence-corrected chi connectivity index (χ3v) is 7.68. The molecule has 0 unspecified atom stereocenters. The van der Waals surface area contributed by atoms with Crippen LogP contribution in [0.25, 0.3) is 16.6 Å². The Kier molecular flexibility index (Phi) is 6.34. The number of anilines is 1. The number of thiophene rings is 1. The fourth-order valence-corrected chi connectivity index (χ4v) is 5.48. The summed E-state index contributed by atoms with van der Waals surface area (Å²) >= 11 is 7.65. The fourth-order valence-electron chi connectivity index (χ4n) is 4.32. The molecule has 2 aromatic heterocycles. The van der Waals surface area contributed by atoms with Crippen LogP contribution in [-0.2, 0) is 9.59 Å². The van der Waals surface area contributed by atoms with Gasteiger partial charge in [-0.1, -0.05) is 18.5 Å². The second-order valence-corrected chi connectivity index (χ2v) is 10.7. The van der Waals surface area contributed by atoms with Gasteiger partial charge in [-0.3, -0.25) is 9.59 Å². The van der Waals surface area contributed by atoms with E-state index in [2.05, 4.69) is 5.10 Å². The van der Waals surface area contributed by atoms with E-state index in [0.29, 0.717) is 0 Å². The normalized spacial score (nSPS) is 19.6. The van der Waals surface area contributed by atoms with E-state index < -0.39 is 0 Å². The Morgan fingerprint density at radius 1 is 1.11 bits per heavy atom. The van der Waals surface area contributed by atoms with Gasteiger partial charge in [0.05, 0.1) is 27.8 Å². The molecular formula is C26H24ClFN4O2S. The Morgan fingerprint density at radius 3 is 2.43 bits per heavy atom. The van der Waals surface area contributed by atoms with Crippen molar-refractivity contribution in [2.45, 2.75) is 32.2 Å². The molecular weight excluding hydrogens is 487 g/mol. The minimum Gasteiger partial charge on any atom is -0.369 e. The summed E-state index contributed by atoms with van der Waals surface area (Å²) in [6, 6.07) is 16.0. The van der Waals surface area contributed by atoms with Gasteiger partial charge in [0.2, 0.25) is 11.8 Å². The van der Waals surface area contributed by atoms with Gasteiger partial charge in [0, 0.05) is 27.8 Å². The minimum atomic E-state index is -0.283. The molecule has 6 nitrogen and oxygen atoms in total.